The first-order valence-electron chi connectivity index (χ1n) is 6.74. The molecule has 0 aliphatic heterocycles. The van der Waals surface area contributed by atoms with Crippen LogP contribution in [0.5, 0.6) is 0 Å². The highest BCUT2D eigenvalue weighted by molar-refractivity contribution is 7.44. The standard InChI is InChI=1S/C11H20N2O8P2/c1-6(22(18)19)11(23(20)21,4-2-7(12)9(14)15)5-3-8(13)10(16)17/h6-8H,2-5,12-13H2,1H3,(H2-2,14,15,16,17,18,19,20,21)/p+2. The molecule has 0 amide bonds. The van der Waals surface area contributed by atoms with Gasteiger partial charge in [-0.15, -0.1) is 0 Å². The summed E-state index contributed by atoms with van der Waals surface area (Å²) in [6, 6.07) is -2.61. The zero-order valence-electron chi connectivity index (χ0n) is 12.5. The van der Waals surface area contributed by atoms with Crippen LogP contribution in [0.3, 0.4) is 0 Å². The molecule has 5 atom stereocenters. The van der Waals surface area contributed by atoms with E-state index in [0.29, 0.717) is 0 Å². The number of rotatable bonds is 11. The summed E-state index contributed by atoms with van der Waals surface area (Å²) >= 11 is 0. The van der Waals surface area contributed by atoms with Crippen molar-refractivity contribution in [1.82, 2.24) is 0 Å². The van der Waals surface area contributed by atoms with Crippen molar-refractivity contribution in [3.63, 3.8) is 0 Å². The summed E-state index contributed by atoms with van der Waals surface area (Å²) in [4.78, 5) is 40.6. The molecule has 0 spiro atoms. The number of nitrogens with two attached hydrogens (primary N) is 2. The van der Waals surface area contributed by atoms with Gasteiger partial charge in [0.05, 0.1) is 0 Å². The van der Waals surface area contributed by atoms with E-state index >= 15 is 0 Å². The van der Waals surface area contributed by atoms with Crippen molar-refractivity contribution in [3.05, 3.63) is 0 Å². The van der Waals surface area contributed by atoms with Crippen LogP contribution < -0.4 is 11.5 Å². The smallest absolute Gasteiger partial charge is 0.480 e. The van der Waals surface area contributed by atoms with Crippen LogP contribution in [0.15, 0.2) is 0 Å². The SMILES string of the molecule is CC([P+](=O)O)C(CCC(N)C(=O)O)(CCC(N)C(=O)O)[P+](=O)O. The minimum Gasteiger partial charge on any atom is -0.480 e. The van der Waals surface area contributed by atoms with Gasteiger partial charge in [-0.25, -0.2) is 0 Å². The molecule has 0 aliphatic carbocycles. The molecule has 8 N–H and O–H groups in total. The zero-order valence-corrected chi connectivity index (χ0v) is 14.3. The van der Waals surface area contributed by atoms with Gasteiger partial charge in [0.1, 0.15) is 12.1 Å². The summed E-state index contributed by atoms with van der Waals surface area (Å²) < 4.78 is 23.3. The highest BCUT2D eigenvalue weighted by Gasteiger charge is 2.61. The summed E-state index contributed by atoms with van der Waals surface area (Å²) in [5, 5.41) is 15.9. The molecule has 0 heterocycles. The van der Waals surface area contributed by atoms with Crippen molar-refractivity contribution in [2.75, 3.05) is 0 Å². The van der Waals surface area contributed by atoms with Crippen LogP contribution in [-0.4, -0.2) is 54.8 Å². The molecule has 0 aromatic carbocycles. The van der Waals surface area contributed by atoms with E-state index in [1.807, 2.05) is 0 Å². The Morgan fingerprint density at radius 1 is 1.00 bits per heavy atom. The van der Waals surface area contributed by atoms with E-state index in [1.54, 1.807) is 0 Å². The third kappa shape index (κ3) is 6.18. The van der Waals surface area contributed by atoms with Gasteiger partial charge in [-0.1, -0.05) is 0 Å². The number of hydrogen-bond donors (Lipinski definition) is 6. The summed E-state index contributed by atoms with van der Waals surface area (Å²) in [6.07, 6.45) is -0.845. The lowest BCUT2D eigenvalue weighted by atomic mass is 9.90. The molecule has 0 aliphatic rings. The van der Waals surface area contributed by atoms with Crippen molar-refractivity contribution in [2.45, 2.75) is 55.5 Å². The van der Waals surface area contributed by atoms with Gasteiger partial charge in [0.15, 0.2) is 0 Å². The predicted octanol–water partition coefficient (Wildman–Crippen LogP) is -0.0327. The van der Waals surface area contributed by atoms with Gasteiger partial charge in [-0.3, -0.25) is 9.59 Å². The van der Waals surface area contributed by atoms with Crippen LogP contribution in [0, 0.1) is 0 Å². The molecule has 0 radical (unpaired) electrons. The summed E-state index contributed by atoms with van der Waals surface area (Å²) in [6.45, 7) is 1.28. The van der Waals surface area contributed by atoms with E-state index in [4.69, 9.17) is 21.7 Å². The normalized spacial score (nSPS) is 19.2. The van der Waals surface area contributed by atoms with Crippen LogP contribution in [-0.2, 0) is 18.7 Å². The maximum atomic E-state index is 11.9. The highest BCUT2D eigenvalue weighted by atomic mass is 31.1. The fourth-order valence-corrected chi connectivity index (χ4v) is 4.38. The number of carboxylic acids is 2. The van der Waals surface area contributed by atoms with E-state index < -0.39 is 50.9 Å². The van der Waals surface area contributed by atoms with E-state index in [-0.39, 0.29) is 25.7 Å². The van der Waals surface area contributed by atoms with Crippen LogP contribution in [0.4, 0.5) is 0 Å². The molecule has 0 rings (SSSR count). The average molecular weight is 372 g/mol. The van der Waals surface area contributed by atoms with Gasteiger partial charge in [0.2, 0.25) is 10.8 Å². The van der Waals surface area contributed by atoms with Crippen LogP contribution >= 0.6 is 16.1 Å². The highest BCUT2D eigenvalue weighted by Crippen LogP contribution is 2.52. The molecule has 12 heteroatoms. The Bertz CT molecular complexity index is 463. The van der Waals surface area contributed by atoms with Crippen molar-refractivity contribution < 1.29 is 38.7 Å². The fourth-order valence-electron chi connectivity index (χ4n) is 2.16. The number of carboxylic acid groups (broad SMARTS) is 2. The van der Waals surface area contributed by atoms with Gasteiger partial charge in [-0.05, 0) is 28.9 Å². The largest absolute Gasteiger partial charge is 0.516 e. The summed E-state index contributed by atoms with van der Waals surface area (Å²) in [7, 11) is -5.86. The van der Waals surface area contributed by atoms with E-state index in [1.165, 1.54) is 6.92 Å². The Morgan fingerprint density at radius 2 is 1.35 bits per heavy atom. The monoisotopic (exact) mass is 372 g/mol. The number of hydrogen-bond acceptors (Lipinski definition) is 6. The molecule has 132 valence electrons. The second kappa shape index (κ2) is 9.32. The molecule has 0 aromatic heterocycles. The summed E-state index contributed by atoms with van der Waals surface area (Å²) in [5.74, 6) is -2.62. The topological polar surface area (TPSA) is 201 Å². The molecule has 0 aromatic rings. The lowest BCUT2D eigenvalue weighted by Gasteiger charge is -2.23. The maximum Gasteiger partial charge on any atom is 0.516 e. The molecule has 0 bridgehead atoms. The first kappa shape index (κ1) is 22.0. The lowest BCUT2D eigenvalue weighted by molar-refractivity contribution is -0.139. The Labute approximate surface area is 134 Å². The Hall–Kier alpha value is -1.02. The molecule has 10 nitrogen and oxygen atoms in total. The molecule has 23 heavy (non-hydrogen) atoms. The van der Waals surface area contributed by atoms with Gasteiger partial charge >= 0.3 is 28.0 Å². The average Bonchev–Trinajstić information content (AvgIpc) is 2.45. The Morgan fingerprint density at radius 3 is 1.57 bits per heavy atom. The van der Waals surface area contributed by atoms with Gasteiger partial charge in [0, 0.05) is 12.8 Å². The van der Waals surface area contributed by atoms with Crippen molar-refractivity contribution in [3.8, 4) is 0 Å². The van der Waals surface area contributed by atoms with Crippen molar-refractivity contribution in [1.29, 1.82) is 0 Å². The lowest BCUT2D eigenvalue weighted by Crippen LogP contribution is -2.41. The molecule has 5 unspecified atom stereocenters. The van der Waals surface area contributed by atoms with Crippen LogP contribution in [0.2, 0.25) is 0 Å². The molecular formula is C11H22N2O8P2+2. The number of aliphatic carboxylic acids is 2. The second-order valence-electron chi connectivity index (χ2n) is 5.32. The van der Waals surface area contributed by atoms with Crippen molar-refractivity contribution >= 4 is 28.0 Å². The van der Waals surface area contributed by atoms with E-state index in [2.05, 4.69) is 0 Å². The quantitative estimate of drug-likeness (QED) is 0.267. The first-order chi connectivity index (χ1) is 10.5. The zero-order chi connectivity index (χ0) is 18.4. The maximum absolute atomic E-state index is 11.9. The van der Waals surface area contributed by atoms with Crippen molar-refractivity contribution in [2.24, 2.45) is 11.5 Å². The minimum atomic E-state index is -3.01. The first-order valence-corrected chi connectivity index (χ1v) is 9.23. The third-order valence-corrected chi connectivity index (χ3v) is 6.86. The molecule has 0 fully saturated rings. The van der Waals surface area contributed by atoms with Gasteiger partial charge < -0.3 is 21.7 Å². The van der Waals surface area contributed by atoms with Crippen LogP contribution in [0.25, 0.3) is 0 Å². The van der Waals surface area contributed by atoms with Gasteiger partial charge in [-0.2, -0.15) is 9.79 Å². The molecule has 0 saturated carbocycles. The molecule has 0 saturated heterocycles. The number of carbonyl (C=O) groups is 2. The Balaban J connectivity index is 5.43. The Kier molecular flexibility index (Phi) is 8.90. The van der Waals surface area contributed by atoms with E-state index in [0.717, 1.165) is 0 Å². The van der Waals surface area contributed by atoms with Crippen LogP contribution in [0.1, 0.15) is 32.6 Å². The predicted molar refractivity (Wildman–Crippen MR) is 81.5 cm³/mol. The van der Waals surface area contributed by atoms with E-state index in [9.17, 15) is 28.5 Å². The summed E-state index contributed by atoms with van der Waals surface area (Å²) in [5.41, 5.74) is 9.59. The third-order valence-electron chi connectivity index (χ3n) is 3.90. The van der Waals surface area contributed by atoms with Gasteiger partial charge in [0.25, 0.3) is 0 Å². The second-order valence-corrected chi connectivity index (χ2v) is 8.14. The molecular weight excluding hydrogens is 350 g/mol. The minimum absolute atomic E-state index is 0.202. The fraction of sp³-hybridized carbons (Fsp3) is 0.818.